The molecule has 0 radical (unpaired) electrons. The van der Waals surface area contributed by atoms with E-state index in [1.165, 1.54) is 0 Å². The van der Waals surface area contributed by atoms with Gasteiger partial charge in [0.2, 0.25) is 5.89 Å². The quantitative estimate of drug-likeness (QED) is 0.405. The van der Waals surface area contributed by atoms with Crippen LogP contribution in [0.15, 0.2) is 71.1 Å². The van der Waals surface area contributed by atoms with Crippen LogP contribution in [0.2, 0.25) is 5.02 Å². The number of oxazole rings is 1. The number of ether oxygens (including phenoxy) is 1. The maximum atomic E-state index is 13.3. The Labute approximate surface area is 179 Å². The summed E-state index contributed by atoms with van der Waals surface area (Å²) in [4.78, 5) is 19.5. The van der Waals surface area contributed by atoms with E-state index in [1.54, 1.807) is 36.3 Å². The molecule has 0 aliphatic heterocycles. The summed E-state index contributed by atoms with van der Waals surface area (Å²) in [5.74, 6) is 1.10. The van der Waals surface area contributed by atoms with Gasteiger partial charge in [-0.2, -0.15) is 0 Å². The van der Waals surface area contributed by atoms with Gasteiger partial charge < -0.3 is 14.1 Å². The van der Waals surface area contributed by atoms with Crippen LogP contribution in [0.3, 0.4) is 0 Å². The van der Waals surface area contributed by atoms with Crippen LogP contribution in [0.4, 0.5) is 0 Å². The predicted molar refractivity (Wildman–Crippen MR) is 117 cm³/mol. The van der Waals surface area contributed by atoms with E-state index in [0.29, 0.717) is 28.6 Å². The first kappa shape index (κ1) is 20.0. The molecule has 0 spiro atoms. The second kappa shape index (κ2) is 8.59. The fourth-order valence-electron chi connectivity index (χ4n) is 3.27. The van der Waals surface area contributed by atoms with E-state index in [2.05, 4.69) is 4.98 Å². The van der Waals surface area contributed by atoms with Crippen LogP contribution in [-0.2, 0) is 13.1 Å². The maximum absolute atomic E-state index is 13.3. The Morgan fingerprint density at radius 1 is 1.07 bits per heavy atom. The number of nitrogens with zero attached hydrogens (tertiary/aromatic N) is 2. The van der Waals surface area contributed by atoms with E-state index in [1.807, 2.05) is 49.4 Å². The summed E-state index contributed by atoms with van der Waals surface area (Å²) in [6.07, 6.45) is 0. The third-order valence-corrected chi connectivity index (χ3v) is 5.04. The number of rotatable bonds is 6. The van der Waals surface area contributed by atoms with Crippen LogP contribution in [0.5, 0.6) is 5.75 Å². The smallest absolute Gasteiger partial charge is 0.254 e. The Kier molecular flexibility index (Phi) is 5.72. The Morgan fingerprint density at radius 3 is 2.60 bits per heavy atom. The topological polar surface area (TPSA) is 55.6 Å². The molecule has 0 fully saturated rings. The second-order valence-electron chi connectivity index (χ2n) is 7.10. The molecular formula is C24H21ClN2O3. The first-order valence-corrected chi connectivity index (χ1v) is 9.93. The lowest BCUT2D eigenvalue weighted by Crippen LogP contribution is -2.30. The van der Waals surface area contributed by atoms with Gasteiger partial charge in [-0.1, -0.05) is 35.9 Å². The fourth-order valence-corrected chi connectivity index (χ4v) is 3.46. The standard InChI is InChI=1S/C24H21ClN2O3/c1-16-6-11-22-21(12-16)26-23(30-22)15-27(14-17-7-9-20(29-2)10-8-17)24(28)18-4-3-5-19(25)13-18/h3-13H,14-15H2,1-2H3. The van der Waals surface area contributed by atoms with Crippen LogP contribution in [0, 0.1) is 6.92 Å². The fraction of sp³-hybridized carbons (Fsp3) is 0.167. The van der Waals surface area contributed by atoms with E-state index in [-0.39, 0.29) is 12.5 Å². The molecule has 5 nitrogen and oxygen atoms in total. The number of carbonyl (C=O) groups excluding carboxylic acids is 1. The van der Waals surface area contributed by atoms with Gasteiger partial charge >= 0.3 is 0 Å². The van der Waals surface area contributed by atoms with Gasteiger partial charge in [-0.05, 0) is 60.5 Å². The molecular weight excluding hydrogens is 400 g/mol. The molecule has 4 aromatic rings. The number of halogens is 1. The van der Waals surface area contributed by atoms with E-state index in [9.17, 15) is 4.79 Å². The van der Waals surface area contributed by atoms with Crippen molar-refractivity contribution in [2.45, 2.75) is 20.0 Å². The number of hydrogen-bond donors (Lipinski definition) is 0. The SMILES string of the molecule is COc1ccc(CN(Cc2nc3cc(C)ccc3o2)C(=O)c2cccc(Cl)c2)cc1. The molecule has 0 aliphatic carbocycles. The van der Waals surface area contributed by atoms with Gasteiger partial charge in [-0.25, -0.2) is 4.98 Å². The van der Waals surface area contributed by atoms with Crippen molar-refractivity contribution in [2.24, 2.45) is 0 Å². The third kappa shape index (κ3) is 4.47. The number of aryl methyl sites for hydroxylation is 1. The van der Waals surface area contributed by atoms with Crippen molar-refractivity contribution < 1.29 is 13.9 Å². The minimum Gasteiger partial charge on any atom is -0.497 e. The van der Waals surface area contributed by atoms with Crippen LogP contribution in [-0.4, -0.2) is 22.9 Å². The third-order valence-electron chi connectivity index (χ3n) is 4.80. The van der Waals surface area contributed by atoms with E-state index in [0.717, 1.165) is 22.4 Å². The number of hydrogen-bond acceptors (Lipinski definition) is 4. The number of fused-ring (bicyclic) bond motifs is 1. The van der Waals surface area contributed by atoms with Gasteiger partial charge in [0.1, 0.15) is 11.3 Å². The van der Waals surface area contributed by atoms with Crippen molar-refractivity contribution in [1.82, 2.24) is 9.88 Å². The summed E-state index contributed by atoms with van der Waals surface area (Å²) in [6, 6.07) is 20.4. The molecule has 1 amide bonds. The van der Waals surface area contributed by atoms with Gasteiger partial charge in [-0.3, -0.25) is 4.79 Å². The van der Waals surface area contributed by atoms with Gasteiger partial charge in [0.15, 0.2) is 5.58 Å². The molecule has 1 aromatic heterocycles. The minimum absolute atomic E-state index is 0.147. The lowest BCUT2D eigenvalue weighted by Gasteiger charge is -2.22. The number of benzene rings is 3. The van der Waals surface area contributed by atoms with Gasteiger partial charge in [-0.15, -0.1) is 0 Å². The van der Waals surface area contributed by atoms with Crippen molar-refractivity contribution in [3.63, 3.8) is 0 Å². The van der Waals surface area contributed by atoms with E-state index >= 15 is 0 Å². The van der Waals surface area contributed by atoms with Crippen molar-refractivity contribution >= 4 is 28.6 Å². The number of methoxy groups -OCH3 is 1. The van der Waals surface area contributed by atoms with Crippen LogP contribution >= 0.6 is 11.6 Å². The van der Waals surface area contributed by atoms with Crippen molar-refractivity contribution in [2.75, 3.05) is 7.11 Å². The van der Waals surface area contributed by atoms with Crippen molar-refractivity contribution in [3.05, 3.63) is 94.3 Å². The van der Waals surface area contributed by atoms with Crippen molar-refractivity contribution in [1.29, 1.82) is 0 Å². The molecule has 152 valence electrons. The second-order valence-corrected chi connectivity index (χ2v) is 7.53. The predicted octanol–water partition coefficient (Wildman–Crippen LogP) is 5.64. The average molecular weight is 421 g/mol. The molecule has 1 heterocycles. The summed E-state index contributed by atoms with van der Waals surface area (Å²) in [7, 11) is 1.62. The Bertz CT molecular complexity index is 1180. The van der Waals surface area contributed by atoms with Gasteiger partial charge in [0.25, 0.3) is 5.91 Å². The number of amides is 1. The molecule has 6 heteroatoms. The van der Waals surface area contributed by atoms with E-state index < -0.39 is 0 Å². The van der Waals surface area contributed by atoms with Gasteiger partial charge in [0, 0.05) is 17.1 Å². The lowest BCUT2D eigenvalue weighted by molar-refractivity contribution is 0.0715. The van der Waals surface area contributed by atoms with Gasteiger partial charge in [0.05, 0.1) is 13.7 Å². The molecule has 0 bridgehead atoms. The first-order valence-electron chi connectivity index (χ1n) is 9.55. The van der Waals surface area contributed by atoms with Crippen LogP contribution in [0.1, 0.15) is 27.4 Å². The molecule has 0 unspecified atom stereocenters. The Balaban J connectivity index is 1.64. The highest BCUT2D eigenvalue weighted by Crippen LogP contribution is 2.21. The molecule has 0 saturated heterocycles. The highest BCUT2D eigenvalue weighted by Gasteiger charge is 2.20. The highest BCUT2D eigenvalue weighted by molar-refractivity contribution is 6.30. The van der Waals surface area contributed by atoms with Crippen LogP contribution < -0.4 is 4.74 Å². The lowest BCUT2D eigenvalue weighted by atomic mass is 10.1. The summed E-state index contributed by atoms with van der Waals surface area (Å²) in [5, 5.41) is 0.516. The molecule has 30 heavy (non-hydrogen) atoms. The average Bonchev–Trinajstić information content (AvgIpc) is 3.14. The summed E-state index contributed by atoms with van der Waals surface area (Å²) in [6.45, 7) is 2.64. The zero-order valence-corrected chi connectivity index (χ0v) is 17.5. The summed E-state index contributed by atoms with van der Waals surface area (Å²) in [5.41, 5.74) is 4.08. The molecule has 4 rings (SSSR count). The van der Waals surface area contributed by atoms with Crippen molar-refractivity contribution in [3.8, 4) is 5.75 Å². The number of aromatic nitrogens is 1. The summed E-state index contributed by atoms with van der Waals surface area (Å²) >= 11 is 6.10. The van der Waals surface area contributed by atoms with E-state index in [4.69, 9.17) is 20.8 Å². The number of carbonyl (C=O) groups is 1. The minimum atomic E-state index is -0.147. The largest absolute Gasteiger partial charge is 0.497 e. The molecule has 0 N–H and O–H groups in total. The Hall–Kier alpha value is -3.31. The Morgan fingerprint density at radius 2 is 1.87 bits per heavy atom. The zero-order chi connectivity index (χ0) is 21.1. The van der Waals surface area contributed by atoms with Crippen LogP contribution in [0.25, 0.3) is 11.1 Å². The monoisotopic (exact) mass is 420 g/mol. The molecule has 3 aromatic carbocycles. The maximum Gasteiger partial charge on any atom is 0.254 e. The molecule has 0 aliphatic rings. The first-order chi connectivity index (χ1) is 14.5. The molecule has 0 atom stereocenters. The molecule has 0 saturated carbocycles. The highest BCUT2D eigenvalue weighted by atomic mass is 35.5. The summed E-state index contributed by atoms with van der Waals surface area (Å²) < 4.78 is 11.1. The zero-order valence-electron chi connectivity index (χ0n) is 16.8. The normalized spacial score (nSPS) is 10.9.